The van der Waals surface area contributed by atoms with Crippen LogP contribution in [0.5, 0.6) is 0 Å². The average molecular weight is 473 g/mol. The number of hydrogen-bond donors (Lipinski definition) is 1. The molecule has 4 rings (SSSR count). The van der Waals surface area contributed by atoms with Crippen LogP contribution in [0.3, 0.4) is 0 Å². The summed E-state index contributed by atoms with van der Waals surface area (Å²) in [5, 5.41) is 14.4. The van der Waals surface area contributed by atoms with Crippen LogP contribution in [-0.2, 0) is 10.0 Å². The van der Waals surface area contributed by atoms with Gasteiger partial charge < -0.3 is 10.2 Å². The summed E-state index contributed by atoms with van der Waals surface area (Å²) in [6, 6.07) is 10.6. The SMILES string of the molecule is CC1CCCN(c2ccc(C(=O)Nc3cccc(S(=O)(=O)N4CCCC4)c3)cc2[N+](=O)[O-])C1. The Morgan fingerprint density at radius 3 is 2.55 bits per heavy atom. The largest absolute Gasteiger partial charge is 0.366 e. The second-order valence-electron chi connectivity index (χ2n) is 8.75. The first-order valence-electron chi connectivity index (χ1n) is 11.2. The molecule has 176 valence electrons. The van der Waals surface area contributed by atoms with E-state index in [1.165, 1.54) is 22.5 Å². The van der Waals surface area contributed by atoms with E-state index in [2.05, 4.69) is 12.2 Å². The molecule has 1 unspecified atom stereocenters. The number of piperidine rings is 1. The molecule has 0 aromatic heterocycles. The highest BCUT2D eigenvalue weighted by Crippen LogP contribution is 2.33. The van der Waals surface area contributed by atoms with Gasteiger partial charge in [-0.15, -0.1) is 0 Å². The number of carbonyl (C=O) groups is 1. The zero-order valence-electron chi connectivity index (χ0n) is 18.6. The molecule has 2 aliphatic heterocycles. The fraction of sp³-hybridized carbons (Fsp3) is 0.435. The lowest BCUT2D eigenvalue weighted by Gasteiger charge is -2.32. The standard InChI is InChI=1S/C23H28N4O5S/c1-17-6-5-11-25(16-17)21-10-9-18(14-22(21)27(29)30)23(28)24-19-7-4-8-20(15-19)33(31,32)26-12-2-3-13-26/h4,7-10,14-15,17H,2-3,5-6,11-13,16H2,1H3,(H,24,28). The molecule has 2 fully saturated rings. The Hall–Kier alpha value is -2.98. The first-order chi connectivity index (χ1) is 15.8. The van der Waals surface area contributed by atoms with Crippen molar-refractivity contribution in [1.82, 2.24) is 4.31 Å². The topological polar surface area (TPSA) is 113 Å². The number of anilines is 2. The van der Waals surface area contributed by atoms with Crippen LogP contribution in [0, 0.1) is 16.0 Å². The molecular formula is C23H28N4O5S. The molecule has 33 heavy (non-hydrogen) atoms. The van der Waals surface area contributed by atoms with Gasteiger partial charge in [0.15, 0.2) is 0 Å². The van der Waals surface area contributed by atoms with Crippen LogP contribution in [0.4, 0.5) is 17.1 Å². The quantitative estimate of drug-likeness (QED) is 0.504. The minimum absolute atomic E-state index is 0.109. The smallest absolute Gasteiger partial charge is 0.293 e. The van der Waals surface area contributed by atoms with Gasteiger partial charge in [-0.05, 0) is 61.9 Å². The Balaban J connectivity index is 1.55. The molecule has 1 N–H and O–H groups in total. The second-order valence-corrected chi connectivity index (χ2v) is 10.7. The maximum absolute atomic E-state index is 12.8. The van der Waals surface area contributed by atoms with Crippen molar-refractivity contribution in [2.45, 2.75) is 37.5 Å². The Kier molecular flexibility index (Phi) is 6.66. The zero-order valence-corrected chi connectivity index (χ0v) is 19.4. The normalized spacial score (nSPS) is 19.4. The molecule has 2 saturated heterocycles. The molecule has 2 aliphatic rings. The Morgan fingerprint density at radius 1 is 1.09 bits per heavy atom. The van der Waals surface area contributed by atoms with Crippen LogP contribution in [0.25, 0.3) is 0 Å². The van der Waals surface area contributed by atoms with Crippen molar-refractivity contribution in [3.8, 4) is 0 Å². The summed E-state index contributed by atoms with van der Waals surface area (Å²) in [4.78, 5) is 26.2. The number of nitro benzene ring substituents is 1. The zero-order chi connectivity index (χ0) is 23.6. The molecule has 1 amide bonds. The first kappa shape index (κ1) is 23.2. The van der Waals surface area contributed by atoms with Crippen molar-refractivity contribution >= 4 is 33.0 Å². The lowest BCUT2D eigenvalue weighted by molar-refractivity contribution is -0.384. The highest BCUT2D eigenvalue weighted by Gasteiger charge is 2.28. The molecule has 2 heterocycles. The van der Waals surface area contributed by atoms with Gasteiger partial charge >= 0.3 is 0 Å². The Bertz CT molecular complexity index is 1160. The number of sulfonamides is 1. The molecule has 0 spiro atoms. The predicted octanol–water partition coefficient (Wildman–Crippen LogP) is 3.87. The van der Waals surface area contributed by atoms with Gasteiger partial charge in [0.1, 0.15) is 5.69 Å². The van der Waals surface area contributed by atoms with Crippen LogP contribution < -0.4 is 10.2 Å². The summed E-state index contributed by atoms with van der Waals surface area (Å²) in [6.45, 7) is 4.59. The van der Waals surface area contributed by atoms with Crippen LogP contribution >= 0.6 is 0 Å². The van der Waals surface area contributed by atoms with Crippen LogP contribution in [0.2, 0.25) is 0 Å². The van der Waals surface area contributed by atoms with Gasteiger partial charge in [0, 0.05) is 43.5 Å². The average Bonchev–Trinajstić information content (AvgIpc) is 3.35. The van der Waals surface area contributed by atoms with Gasteiger partial charge in [0.05, 0.1) is 9.82 Å². The number of nitrogens with zero attached hydrogens (tertiary/aromatic N) is 3. The monoisotopic (exact) mass is 472 g/mol. The summed E-state index contributed by atoms with van der Waals surface area (Å²) in [5.41, 5.74) is 0.865. The van der Waals surface area contributed by atoms with Crippen molar-refractivity contribution in [2.75, 3.05) is 36.4 Å². The van der Waals surface area contributed by atoms with Crippen molar-refractivity contribution in [1.29, 1.82) is 0 Å². The molecule has 2 aromatic rings. The minimum atomic E-state index is -3.62. The third-order valence-corrected chi connectivity index (χ3v) is 8.12. The summed E-state index contributed by atoms with van der Waals surface area (Å²) in [5.74, 6) is -0.0853. The molecule has 0 saturated carbocycles. The number of nitrogens with one attached hydrogen (secondary N) is 1. The van der Waals surface area contributed by atoms with Gasteiger partial charge in [-0.1, -0.05) is 13.0 Å². The van der Waals surface area contributed by atoms with Crippen LogP contribution in [-0.4, -0.2) is 49.7 Å². The molecule has 0 aliphatic carbocycles. The van der Waals surface area contributed by atoms with E-state index in [0.29, 0.717) is 30.4 Å². The van der Waals surface area contributed by atoms with Gasteiger partial charge in [-0.25, -0.2) is 8.42 Å². The van der Waals surface area contributed by atoms with Crippen LogP contribution in [0.15, 0.2) is 47.4 Å². The number of benzene rings is 2. The fourth-order valence-electron chi connectivity index (χ4n) is 4.50. The number of carbonyl (C=O) groups excluding carboxylic acids is 1. The van der Waals surface area contributed by atoms with Gasteiger partial charge in [-0.2, -0.15) is 4.31 Å². The van der Waals surface area contributed by atoms with E-state index < -0.39 is 20.9 Å². The number of nitro groups is 1. The van der Waals surface area contributed by atoms with E-state index >= 15 is 0 Å². The van der Waals surface area contributed by atoms with E-state index in [-0.39, 0.29) is 16.1 Å². The lowest BCUT2D eigenvalue weighted by Crippen LogP contribution is -2.34. The molecule has 2 aromatic carbocycles. The summed E-state index contributed by atoms with van der Waals surface area (Å²) in [7, 11) is -3.62. The van der Waals surface area contributed by atoms with Crippen LogP contribution in [0.1, 0.15) is 43.0 Å². The molecule has 9 nitrogen and oxygen atoms in total. The first-order valence-corrected chi connectivity index (χ1v) is 12.6. The van der Waals surface area contributed by atoms with Gasteiger partial charge in [0.2, 0.25) is 10.0 Å². The highest BCUT2D eigenvalue weighted by molar-refractivity contribution is 7.89. The number of hydrogen-bond acceptors (Lipinski definition) is 6. The maximum atomic E-state index is 12.8. The number of rotatable bonds is 6. The highest BCUT2D eigenvalue weighted by atomic mass is 32.2. The summed E-state index contributed by atoms with van der Waals surface area (Å²) >= 11 is 0. The van der Waals surface area contributed by atoms with Gasteiger partial charge in [-0.3, -0.25) is 14.9 Å². The maximum Gasteiger partial charge on any atom is 0.293 e. The van der Waals surface area contributed by atoms with E-state index in [4.69, 9.17) is 0 Å². The third kappa shape index (κ3) is 5.01. The van der Waals surface area contributed by atoms with E-state index in [1.54, 1.807) is 24.3 Å². The Labute approximate surface area is 193 Å². The molecule has 0 radical (unpaired) electrons. The number of amides is 1. The summed E-state index contributed by atoms with van der Waals surface area (Å²) < 4.78 is 27.1. The van der Waals surface area contributed by atoms with E-state index in [1.807, 2.05) is 4.90 Å². The van der Waals surface area contributed by atoms with Crippen molar-refractivity contribution < 1.29 is 18.1 Å². The minimum Gasteiger partial charge on any atom is -0.366 e. The third-order valence-electron chi connectivity index (χ3n) is 6.23. The van der Waals surface area contributed by atoms with Crippen molar-refractivity contribution in [3.05, 3.63) is 58.1 Å². The molecular weight excluding hydrogens is 444 g/mol. The fourth-order valence-corrected chi connectivity index (χ4v) is 6.07. The lowest BCUT2D eigenvalue weighted by atomic mass is 9.99. The molecule has 10 heteroatoms. The van der Waals surface area contributed by atoms with Crippen molar-refractivity contribution in [3.63, 3.8) is 0 Å². The van der Waals surface area contributed by atoms with Crippen molar-refractivity contribution in [2.24, 2.45) is 5.92 Å². The summed E-state index contributed by atoms with van der Waals surface area (Å²) in [6.07, 6.45) is 3.73. The van der Waals surface area contributed by atoms with E-state index in [9.17, 15) is 23.3 Å². The Morgan fingerprint density at radius 2 is 1.85 bits per heavy atom. The van der Waals surface area contributed by atoms with Gasteiger partial charge in [0.25, 0.3) is 11.6 Å². The second kappa shape index (κ2) is 9.48. The van der Waals surface area contributed by atoms with E-state index in [0.717, 1.165) is 38.8 Å². The molecule has 1 atom stereocenters. The predicted molar refractivity (Wildman–Crippen MR) is 126 cm³/mol. The molecule has 0 bridgehead atoms.